The predicted molar refractivity (Wildman–Crippen MR) is 95.5 cm³/mol. The molecule has 0 aliphatic heterocycles. The van der Waals surface area contributed by atoms with Gasteiger partial charge in [0.1, 0.15) is 11.2 Å². The van der Waals surface area contributed by atoms with Crippen LogP contribution in [0.3, 0.4) is 0 Å². The molecule has 8 nitrogen and oxygen atoms in total. The van der Waals surface area contributed by atoms with E-state index in [2.05, 4.69) is 29.7 Å². The van der Waals surface area contributed by atoms with E-state index in [9.17, 15) is 13.2 Å². The SMILES string of the molecule is COCCCn1nc(-c2cc(-c3noc(C(F)(F)F)n3)ccn2)c2ncccc21. The van der Waals surface area contributed by atoms with E-state index in [0.717, 1.165) is 11.9 Å². The first kappa shape index (κ1) is 19.0. The Hall–Kier alpha value is -3.34. The van der Waals surface area contributed by atoms with E-state index in [1.807, 2.05) is 12.1 Å². The Labute approximate surface area is 162 Å². The van der Waals surface area contributed by atoms with Crippen molar-refractivity contribution in [2.24, 2.45) is 0 Å². The fraction of sp³-hybridized carbons (Fsp3) is 0.278. The summed E-state index contributed by atoms with van der Waals surface area (Å²) in [5, 5.41) is 8.02. The number of hydrogen-bond acceptors (Lipinski definition) is 7. The molecule has 0 amide bonds. The molecule has 0 unspecified atom stereocenters. The van der Waals surface area contributed by atoms with Crippen molar-refractivity contribution in [1.29, 1.82) is 0 Å². The number of fused-ring (bicyclic) bond motifs is 1. The molecule has 0 radical (unpaired) electrons. The van der Waals surface area contributed by atoms with Gasteiger partial charge >= 0.3 is 12.1 Å². The Bertz CT molecular complexity index is 1140. The lowest BCUT2D eigenvalue weighted by Gasteiger charge is -2.02. The quantitative estimate of drug-likeness (QED) is 0.454. The molecule has 0 bridgehead atoms. The summed E-state index contributed by atoms with van der Waals surface area (Å²) in [7, 11) is 1.63. The maximum absolute atomic E-state index is 12.7. The highest BCUT2D eigenvalue weighted by Gasteiger charge is 2.38. The van der Waals surface area contributed by atoms with Gasteiger partial charge in [-0.25, -0.2) is 0 Å². The van der Waals surface area contributed by atoms with Gasteiger partial charge in [-0.05, 0) is 30.7 Å². The fourth-order valence-corrected chi connectivity index (χ4v) is 2.87. The minimum absolute atomic E-state index is 0.183. The van der Waals surface area contributed by atoms with Gasteiger partial charge in [0.25, 0.3) is 0 Å². The Morgan fingerprint density at radius 1 is 1.17 bits per heavy atom. The summed E-state index contributed by atoms with van der Waals surface area (Å²) in [4.78, 5) is 12.1. The van der Waals surface area contributed by atoms with Gasteiger partial charge in [0.2, 0.25) is 5.82 Å². The second kappa shape index (κ2) is 7.59. The summed E-state index contributed by atoms with van der Waals surface area (Å²) in [5.41, 5.74) is 2.74. The van der Waals surface area contributed by atoms with Crippen molar-refractivity contribution in [3.63, 3.8) is 0 Å². The van der Waals surface area contributed by atoms with Crippen LogP contribution in [0.2, 0.25) is 0 Å². The van der Waals surface area contributed by atoms with Crippen LogP contribution in [0.5, 0.6) is 0 Å². The van der Waals surface area contributed by atoms with Crippen LogP contribution in [0.25, 0.3) is 33.8 Å². The number of nitrogens with zero attached hydrogens (tertiary/aromatic N) is 6. The molecule has 29 heavy (non-hydrogen) atoms. The number of alkyl halides is 3. The lowest BCUT2D eigenvalue weighted by Crippen LogP contribution is -2.04. The monoisotopic (exact) mass is 404 g/mol. The third kappa shape index (κ3) is 3.81. The highest BCUT2D eigenvalue weighted by Crippen LogP contribution is 2.31. The summed E-state index contributed by atoms with van der Waals surface area (Å²) >= 11 is 0. The molecule has 0 aliphatic rings. The standard InChI is InChI=1S/C18H15F3N6O2/c1-28-9-3-8-27-13-4-2-6-23-15(13)14(25-27)12-10-11(5-7-22-12)16-24-17(29-26-16)18(19,20)21/h2,4-7,10H,3,8-9H2,1H3. The number of aromatic nitrogens is 6. The van der Waals surface area contributed by atoms with E-state index >= 15 is 0 Å². The van der Waals surface area contributed by atoms with Gasteiger partial charge in [-0.3, -0.25) is 14.6 Å². The Balaban J connectivity index is 1.73. The van der Waals surface area contributed by atoms with Crippen LogP contribution in [-0.4, -0.2) is 43.6 Å². The van der Waals surface area contributed by atoms with Crippen molar-refractivity contribution in [2.75, 3.05) is 13.7 Å². The first-order valence-electron chi connectivity index (χ1n) is 8.65. The van der Waals surface area contributed by atoms with Crippen LogP contribution < -0.4 is 0 Å². The summed E-state index contributed by atoms with van der Waals surface area (Å²) in [5.74, 6) is -1.59. The number of rotatable bonds is 6. The molecular formula is C18H15F3N6O2. The Morgan fingerprint density at radius 2 is 2.03 bits per heavy atom. The van der Waals surface area contributed by atoms with E-state index in [1.54, 1.807) is 24.1 Å². The zero-order valence-corrected chi connectivity index (χ0v) is 15.2. The molecule has 4 aromatic rings. The maximum Gasteiger partial charge on any atom is 0.471 e. The van der Waals surface area contributed by atoms with Crippen molar-refractivity contribution in [3.05, 3.63) is 42.5 Å². The van der Waals surface area contributed by atoms with Gasteiger partial charge in [0.15, 0.2) is 0 Å². The van der Waals surface area contributed by atoms with Gasteiger partial charge in [-0.15, -0.1) is 0 Å². The molecule has 4 aromatic heterocycles. The normalized spacial score (nSPS) is 12.0. The number of halogens is 3. The summed E-state index contributed by atoms with van der Waals surface area (Å²) in [6.45, 7) is 1.21. The summed E-state index contributed by atoms with van der Waals surface area (Å²) in [6.07, 6.45) is -0.848. The highest BCUT2D eigenvalue weighted by atomic mass is 19.4. The molecule has 0 fully saturated rings. The molecule has 0 aromatic carbocycles. The van der Waals surface area contributed by atoms with Crippen molar-refractivity contribution >= 4 is 11.0 Å². The van der Waals surface area contributed by atoms with Crippen LogP contribution in [0.1, 0.15) is 12.3 Å². The zero-order chi connectivity index (χ0) is 20.4. The lowest BCUT2D eigenvalue weighted by atomic mass is 10.1. The van der Waals surface area contributed by atoms with Crippen molar-refractivity contribution in [1.82, 2.24) is 29.9 Å². The number of ether oxygens (including phenoxy) is 1. The molecule has 0 saturated heterocycles. The lowest BCUT2D eigenvalue weighted by molar-refractivity contribution is -0.159. The van der Waals surface area contributed by atoms with Crippen LogP contribution in [0.4, 0.5) is 13.2 Å². The van der Waals surface area contributed by atoms with Gasteiger partial charge in [-0.2, -0.15) is 23.3 Å². The molecule has 0 saturated carbocycles. The van der Waals surface area contributed by atoms with Crippen LogP contribution in [0.15, 0.2) is 41.2 Å². The molecule has 0 aliphatic carbocycles. The number of pyridine rings is 2. The van der Waals surface area contributed by atoms with E-state index in [0.29, 0.717) is 35.6 Å². The Kier molecular flexibility index (Phi) is 4.97. The van der Waals surface area contributed by atoms with E-state index < -0.39 is 12.1 Å². The number of aryl methyl sites for hydroxylation is 1. The number of methoxy groups -OCH3 is 1. The van der Waals surface area contributed by atoms with Gasteiger partial charge in [-0.1, -0.05) is 5.16 Å². The topological polar surface area (TPSA) is 91.8 Å². The zero-order valence-electron chi connectivity index (χ0n) is 15.2. The number of hydrogen-bond donors (Lipinski definition) is 0. The van der Waals surface area contributed by atoms with Gasteiger partial charge < -0.3 is 9.26 Å². The third-order valence-electron chi connectivity index (χ3n) is 4.16. The van der Waals surface area contributed by atoms with Crippen LogP contribution >= 0.6 is 0 Å². The molecule has 150 valence electrons. The first-order chi connectivity index (χ1) is 14.0. The second-order valence-corrected chi connectivity index (χ2v) is 6.14. The summed E-state index contributed by atoms with van der Waals surface area (Å²) < 4.78 is 49.4. The van der Waals surface area contributed by atoms with Crippen molar-refractivity contribution < 1.29 is 22.4 Å². The highest BCUT2D eigenvalue weighted by molar-refractivity contribution is 5.89. The Morgan fingerprint density at radius 3 is 2.79 bits per heavy atom. The largest absolute Gasteiger partial charge is 0.471 e. The van der Waals surface area contributed by atoms with E-state index in [1.165, 1.54) is 12.3 Å². The molecular weight excluding hydrogens is 389 g/mol. The maximum atomic E-state index is 12.7. The third-order valence-corrected chi connectivity index (χ3v) is 4.16. The van der Waals surface area contributed by atoms with Gasteiger partial charge in [0.05, 0.1) is 11.2 Å². The average molecular weight is 404 g/mol. The molecule has 4 rings (SSSR count). The average Bonchev–Trinajstić information content (AvgIpc) is 3.34. The second-order valence-electron chi connectivity index (χ2n) is 6.14. The minimum atomic E-state index is -4.71. The predicted octanol–water partition coefficient (Wildman–Crippen LogP) is 3.60. The molecule has 0 atom stereocenters. The minimum Gasteiger partial charge on any atom is -0.385 e. The molecule has 0 N–H and O–H groups in total. The molecule has 0 spiro atoms. The molecule has 11 heteroatoms. The van der Waals surface area contributed by atoms with E-state index in [4.69, 9.17) is 4.74 Å². The van der Waals surface area contributed by atoms with Crippen LogP contribution in [-0.2, 0) is 17.5 Å². The van der Waals surface area contributed by atoms with E-state index in [-0.39, 0.29) is 5.82 Å². The fourth-order valence-electron chi connectivity index (χ4n) is 2.87. The molecule has 4 heterocycles. The summed E-state index contributed by atoms with van der Waals surface area (Å²) in [6, 6.07) is 6.76. The van der Waals surface area contributed by atoms with Crippen molar-refractivity contribution in [2.45, 2.75) is 19.1 Å². The van der Waals surface area contributed by atoms with Gasteiger partial charge in [0, 0.05) is 38.2 Å². The van der Waals surface area contributed by atoms with Crippen LogP contribution in [0, 0.1) is 0 Å². The first-order valence-corrected chi connectivity index (χ1v) is 8.65. The smallest absolute Gasteiger partial charge is 0.385 e. The van der Waals surface area contributed by atoms with Crippen molar-refractivity contribution in [3.8, 4) is 22.8 Å².